The van der Waals surface area contributed by atoms with Gasteiger partial charge in [0.25, 0.3) is 0 Å². The standard InChI is InChI=1S/C17H23N3O/c21-13-2-1-11-19(16-8-9-16)14-15-4-6-17(7-5-15)20-12-3-10-18-20/h3-7,10,12,16,21H,1-2,8-9,11,13-14H2. The Morgan fingerprint density at radius 1 is 1.19 bits per heavy atom. The Kier molecular flexibility index (Phi) is 4.68. The molecule has 1 N–H and O–H groups in total. The van der Waals surface area contributed by atoms with E-state index in [4.69, 9.17) is 5.11 Å². The van der Waals surface area contributed by atoms with E-state index in [1.165, 1.54) is 18.4 Å². The summed E-state index contributed by atoms with van der Waals surface area (Å²) < 4.78 is 1.88. The van der Waals surface area contributed by atoms with Gasteiger partial charge in [-0.15, -0.1) is 0 Å². The fourth-order valence-corrected chi connectivity index (χ4v) is 2.67. The second kappa shape index (κ2) is 6.87. The number of nitrogens with zero attached hydrogens (tertiary/aromatic N) is 3. The third kappa shape index (κ3) is 3.93. The first-order valence-corrected chi connectivity index (χ1v) is 7.80. The summed E-state index contributed by atoms with van der Waals surface area (Å²) >= 11 is 0. The van der Waals surface area contributed by atoms with Gasteiger partial charge in [0, 0.05) is 31.6 Å². The predicted molar refractivity (Wildman–Crippen MR) is 83.3 cm³/mol. The minimum absolute atomic E-state index is 0.303. The molecule has 1 aliphatic carbocycles. The molecule has 4 nitrogen and oxygen atoms in total. The number of aliphatic hydroxyl groups is 1. The second-order valence-electron chi connectivity index (χ2n) is 5.75. The average Bonchev–Trinajstić information content (AvgIpc) is 3.22. The summed E-state index contributed by atoms with van der Waals surface area (Å²) in [7, 11) is 0. The van der Waals surface area contributed by atoms with Crippen molar-refractivity contribution in [3.05, 3.63) is 48.3 Å². The number of hydrogen-bond acceptors (Lipinski definition) is 3. The van der Waals surface area contributed by atoms with Crippen LogP contribution in [-0.2, 0) is 6.54 Å². The lowest BCUT2D eigenvalue weighted by Crippen LogP contribution is -2.26. The molecule has 1 saturated carbocycles. The number of unbranched alkanes of at least 4 members (excludes halogenated alkanes) is 1. The van der Waals surface area contributed by atoms with Crippen LogP contribution in [0, 0.1) is 0 Å². The molecule has 21 heavy (non-hydrogen) atoms. The molecule has 0 aliphatic heterocycles. The smallest absolute Gasteiger partial charge is 0.0645 e. The number of aromatic nitrogens is 2. The van der Waals surface area contributed by atoms with E-state index in [9.17, 15) is 0 Å². The number of rotatable bonds is 8. The fourth-order valence-electron chi connectivity index (χ4n) is 2.67. The maximum atomic E-state index is 8.92. The Hall–Kier alpha value is -1.65. The van der Waals surface area contributed by atoms with Gasteiger partial charge in [0.15, 0.2) is 0 Å². The van der Waals surface area contributed by atoms with Crippen LogP contribution in [0.1, 0.15) is 31.2 Å². The molecule has 0 saturated heterocycles. The van der Waals surface area contributed by atoms with Gasteiger partial charge in [-0.1, -0.05) is 12.1 Å². The SMILES string of the molecule is OCCCCN(Cc1ccc(-n2cccn2)cc1)C1CC1. The van der Waals surface area contributed by atoms with Gasteiger partial charge in [0.2, 0.25) is 0 Å². The summed E-state index contributed by atoms with van der Waals surface area (Å²) in [5.41, 5.74) is 2.45. The van der Waals surface area contributed by atoms with Gasteiger partial charge >= 0.3 is 0 Å². The number of benzene rings is 1. The summed E-state index contributed by atoms with van der Waals surface area (Å²) in [6, 6.07) is 11.3. The molecule has 0 atom stereocenters. The van der Waals surface area contributed by atoms with Gasteiger partial charge in [0.05, 0.1) is 5.69 Å². The molecule has 0 bridgehead atoms. The maximum Gasteiger partial charge on any atom is 0.0645 e. The van der Waals surface area contributed by atoms with Crippen molar-refractivity contribution in [3.63, 3.8) is 0 Å². The van der Waals surface area contributed by atoms with Crippen molar-refractivity contribution in [2.24, 2.45) is 0 Å². The third-order valence-corrected chi connectivity index (χ3v) is 4.01. The van der Waals surface area contributed by atoms with Crippen LogP contribution in [0.3, 0.4) is 0 Å². The van der Waals surface area contributed by atoms with Crippen LogP contribution in [0.5, 0.6) is 0 Å². The average molecular weight is 285 g/mol. The summed E-state index contributed by atoms with van der Waals surface area (Å²) in [6.07, 6.45) is 8.39. The number of hydrogen-bond donors (Lipinski definition) is 1. The van der Waals surface area contributed by atoms with Crippen molar-refractivity contribution < 1.29 is 5.11 Å². The quantitative estimate of drug-likeness (QED) is 0.758. The predicted octanol–water partition coefficient (Wildman–Crippen LogP) is 2.61. The molecule has 112 valence electrons. The Balaban J connectivity index is 1.60. The van der Waals surface area contributed by atoms with E-state index in [0.717, 1.165) is 37.7 Å². The molecule has 1 fully saturated rings. The van der Waals surface area contributed by atoms with Crippen molar-refractivity contribution in [2.45, 2.75) is 38.3 Å². The zero-order valence-electron chi connectivity index (χ0n) is 12.4. The highest BCUT2D eigenvalue weighted by atomic mass is 16.2. The van der Waals surface area contributed by atoms with Gasteiger partial charge in [0.1, 0.15) is 0 Å². The Morgan fingerprint density at radius 3 is 2.62 bits per heavy atom. The molecular formula is C17H23N3O. The van der Waals surface area contributed by atoms with Crippen molar-refractivity contribution >= 4 is 0 Å². The van der Waals surface area contributed by atoms with Crippen molar-refractivity contribution in [1.82, 2.24) is 14.7 Å². The van der Waals surface area contributed by atoms with Crippen LogP contribution in [-0.4, -0.2) is 39.0 Å². The van der Waals surface area contributed by atoms with Crippen LogP contribution in [0.25, 0.3) is 5.69 Å². The number of aliphatic hydroxyl groups excluding tert-OH is 1. The van der Waals surface area contributed by atoms with Crippen molar-refractivity contribution in [1.29, 1.82) is 0 Å². The van der Waals surface area contributed by atoms with E-state index in [-0.39, 0.29) is 0 Å². The molecule has 0 unspecified atom stereocenters. The topological polar surface area (TPSA) is 41.3 Å². The zero-order chi connectivity index (χ0) is 14.5. The minimum Gasteiger partial charge on any atom is -0.396 e. The lowest BCUT2D eigenvalue weighted by Gasteiger charge is -2.22. The summed E-state index contributed by atoms with van der Waals surface area (Å²) in [6.45, 7) is 2.40. The van der Waals surface area contributed by atoms with Crippen LogP contribution < -0.4 is 0 Å². The summed E-state index contributed by atoms with van der Waals surface area (Å²) in [4.78, 5) is 2.55. The van der Waals surface area contributed by atoms with Crippen molar-refractivity contribution in [2.75, 3.05) is 13.2 Å². The summed E-state index contributed by atoms with van der Waals surface area (Å²) in [5.74, 6) is 0. The molecule has 1 aliphatic rings. The highest BCUT2D eigenvalue weighted by Gasteiger charge is 2.28. The van der Waals surface area contributed by atoms with E-state index in [1.807, 2.05) is 16.9 Å². The lowest BCUT2D eigenvalue weighted by molar-refractivity contribution is 0.229. The zero-order valence-corrected chi connectivity index (χ0v) is 12.4. The highest BCUT2D eigenvalue weighted by Crippen LogP contribution is 2.28. The molecule has 0 radical (unpaired) electrons. The minimum atomic E-state index is 0.303. The molecule has 0 amide bonds. The monoisotopic (exact) mass is 285 g/mol. The van der Waals surface area contributed by atoms with Gasteiger partial charge in [-0.2, -0.15) is 5.10 Å². The lowest BCUT2D eigenvalue weighted by atomic mass is 10.2. The molecule has 3 rings (SSSR count). The van der Waals surface area contributed by atoms with E-state index in [0.29, 0.717) is 6.61 Å². The molecular weight excluding hydrogens is 262 g/mol. The molecule has 4 heteroatoms. The molecule has 1 heterocycles. The van der Waals surface area contributed by atoms with E-state index < -0.39 is 0 Å². The molecule has 1 aromatic carbocycles. The first-order chi connectivity index (χ1) is 10.4. The Morgan fingerprint density at radius 2 is 2.00 bits per heavy atom. The van der Waals surface area contributed by atoms with E-state index >= 15 is 0 Å². The molecule has 2 aromatic rings. The van der Waals surface area contributed by atoms with Crippen LogP contribution in [0.2, 0.25) is 0 Å². The van der Waals surface area contributed by atoms with Crippen molar-refractivity contribution in [3.8, 4) is 5.69 Å². The normalized spacial score (nSPS) is 14.8. The van der Waals surface area contributed by atoms with Gasteiger partial charge in [-0.25, -0.2) is 4.68 Å². The van der Waals surface area contributed by atoms with E-state index in [1.54, 1.807) is 6.20 Å². The fraction of sp³-hybridized carbons (Fsp3) is 0.471. The van der Waals surface area contributed by atoms with E-state index in [2.05, 4.69) is 34.3 Å². The maximum absolute atomic E-state index is 8.92. The van der Waals surface area contributed by atoms with Gasteiger partial charge in [-0.05, 0) is 56.0 Å². The van der Waals surface area contributed by atoms with Crippen LogP contribution in [0.4, 0.5) is 0 Å². The first kappa shape index (κ1) is 14.3. The Bertz CT molecular complexity index is 532. The van der Waals surface area contributed by atoms with Crippen LogP contribution in [0.15, 0.2) is 42.7 Å². The largest absolute Gasteiger partial charge is 0.396 e. The second-order valence-corrected chi connectivity index (χ2v) is 5.75. The van der Waals surface area contributed by atoms with Gasteiger partial charge in [-0.3, -0.25) is 4.90 Å². The Labute approximate surface area is 126 Å². The highest BCUT2D eigenvalue weighted by molar-refractivity contribution is 5.33. The van der Waals surface area contributed by atoms with Gasteiger partial charge < -0.3 is 5.11 Å². The molecule has 1 aromatic heterocycles. The third-order valence-electron chi connectivity index (χ3n) is 4.01. The molecule has 0 spiro atoms. The summed E-state index contributed by atoms with van der Waals surface area (Å²) in [5, 5.41) is 13.2. The van der Waals surface area contributed by atoms with Crippen LogP contribution >= 0.6 is 0 Å². The first-order valence-electron chi connectivity index (χ1n) is 7.80.